The average molecular weight is 301 g/mol. The van der Waals surface area contributed by atoms with Crippen molar-refractivity contribution in [2.75, 3.05) is 6.54 Å². The minimum Gasteiger partial charge on any atom is -0.406 e. The smallest absolute Gasteiger partial charge is 0.406 e. The molecule has 1 unspecified atom stereocenters. The molecule has 2 nitrogen and oxygen atoms in total. The molecule has 0 aromatic heterocycles. The molecule has 1 aromatic carbocycles. The Labute approximate surface area is 124 Å². The molecule has 0 radical (unpaired) electrons. The normalized spacial score (nSPS) is 14.8. The van der Waals surface area contributed by atoms with Gasteiger partial charge in [0.05, 0.1) is 0 Å². The number of alkyl halides is 3. The fraction of sp³-hybridized carbons (Fsp3) is 0.500. The van der Waals surface area contributed by atoms with Gasteiger partial charge in [-0.1, -0.05) is 39.0 Å². The van der Waals surface area contributed by atoms with Crippen LogP contribution in [0.5, 0.6) is 5.75 Å². The predicted molar refractivity (Wildman–Crippen MR) is 78.3 cm³/mol. The van der Waals surface area contributed by atoms with Crippen LogP contribution >= 0.6 is 0 Å². The lowest BCUT2D eigenvalue weighted by Gasteiger charge is -2.27. The Kier molecular flexibility index (Phi) is 5.84. The minimum atomic E-state index is -4.65. The van der Waals surface area contributed by atoms with E-state index in [1.165, 1.54) is 12.1 Å². The van der Waals surface area contributed by atoms with Crippen molar-refractivity contribution in [3.63, 3.8) is 0 Å². The molecule has 0 saturated heterocycles. The number of halogens is 3. The van der Waals surface area contributed by atoms with Crippen LogP contribution in [0.3, 0.4) is 0 Å². The summed E-state index contributed by atoms with van der Waals surface area (Å²) in [4.78, 5) is 0. The first kappa shape index (κ1) is 17.6. The highest BCUT2D eigenvalue weighted by Crippen LogP contribution is 2.26. The summed E-state index contributed by atoms with van der Waals surface area (Å²) in [6.07, 6.45) is -2.08. The molecule has 21 heavy (non-hydrogen) atoms. The van der Waals surface area contributed by atoms with E-state index in [1.807, 2.05) is 6.08 Å². The van der Waals surface area contributed by atoms with E-state index in [4.69, 9.17) is 0 Å². The maximum absolute atomic E-state index is 12.1. The molecule has 118 valence electrons. The summed E-state index contributed by atoms with van der Waals surface area (Å²) in [5, 5.41) is 3.35. The fourth-order valence-electron chi connectivity index (χ4n) is 1.92. The Balaban J connectivity index is 2.70. The van der Waals surface area contributed by atoms with Crippen molar-refractivity contribution in [1.82, 2.24) is 5.32 Å². The number of rotatable bonds is 7. The molecule has 1 N–H and O–H groups in total. The van der Waals surface area contributed by atoms with Gasteiger partial charge in [-0.3, -0.25) is 0 Å². The highest BCUT2D eigenvalue weighted by atomic mass is 19.4. The van der Waals surface area contributed by atoms with Crippen LogP contribution in [0.4, 0.5) is 13.2 Å². The summed E-state index contributed by atoms with van der Waals surface area (Å²) >= 11 is 0. The van der Waals surface area contributed by atoms with Crippen LogP contribution in [0.25, 0.3) is 0 Å². The maximum atomic E-state index is 12.1. The van der Waals surface area contributed by atoms with Crippen molar-refractivity contribution in [2.24, 2.45) is 5.41 Å². The number of nitrogens with one attached hydrogen (secondary N) is 1. The molecule has 1 aromatic rings. The van der Waals surface area contributed by atoms with Gasteiger partial charge in [-0.25, -0.2) is 0 Å². The van der Waals surface area contributed by atoms with Crippen molar-refractivity contribution >= 4 is 0 Å². The number of ether oxygens (including phenoxy) is 1. The molecule has 5 heteroatoms. The molecular formula is C16H22F3NO. The van der Waals surface area contributed by atoms with Crippen LogP contribution in [0.1, 0.15) is 26.3 Å². The topological polar surface area (TPSA) is 21.3 Å². The third-order valence-corrected chi connectivity index (χ3v) is 3.17. The lowest BCUT2D eigenvalue weighted by atomic mass is 9.83. The van der Waals surface area contributed by atoms with Crippen LogP contribution in [0.2, 0.25) is 0 Å². The van der Waals surface area contributed by atoms with E-state index in [9.17, 15) is 13.2 Å². The van der Waals surface area contributed by atoms with Gasteiger partial charge in [0.2, 0.25) is 0 Å². The van der Waals surface area contributed by atoms with E-state index < -0.39 is 6.36 Å². The summed E-state index contributed by atoms with van der Waals surface area (Å²) in [5.74, 6) is -0.202. The Morgan fingerprint density at radius 3 is 2.24 bits per heavy atom. The van der Waals surface area contributed by atoms with Gasteiger partial charge in [0, 0.05) is 18.0 Å². The van der Waals surface area contributed by atoms with Gasteiger partial charge in [-0.05, 0) is 24.1 Å². The van der Waals surface area contributed by atoms with Gasteiger partial charge in [-0.15, -0.1) is 19.8 Å². The van der Waals surface area contributed by atoms with Gasteiger partial charge >= 0.3 is 6.36 Å². The zero-order valence-electron chi connectivity index (χ0n) is 12.6. The summed E-state index contributed by atoms with van der Waals surface area (Å²) in [6.45, 7) is 10.8. The predicted octanol–water partition coefficient (Wildman–Crippen LogP) is 4.32. The number of hydrogen-bond acceptors (Lipinski definition) is 2. The summed E-state index contributed by atoms with van der Waals surface area (Å²) < 4.78 is 40.2. The SMILES string of the molecule is C=CC(C)(CNC(C)C)Cc1ccc(OC(F)(F)F)cc1. The molecular weight excluding hydrogens is 279 g/mol. The first-order chi connectivity index (χ1) is 9.63. The quantitative estimate of drug-likeness (QED) is 0.757. The van der Waals surface area contributed by atoms with Gasteiger partial charge in [0.1, 0.15) is 5.75 Å². The molecule has 0 heterocycles. The minimum absolute atomic E-state index is 0.156. The van der Waals surface area contributed by atoms with Crippen LogP contribution in [-0.4, -0.2) is 18.9 Å². The van der Waals surface area contributed by atoms with Crippen molar-refractivity contribution in [3.05, 3.63) is 42.5 Å². The molecule has 0 spiro atoms. The van der Waals surface area contributed by atoms with E-state index in [2.05, 4.69) is 37.4 Å². The lowest BCUT2D eigenvalue weighted by molar-refractivity contribution is -0.274. The summed E-state index contributed by atoms with van der Waals surface area (Å²) in [6, 6.07) is 6.34. The lowest BCUT2D eigenvalue weighted by Crippen LogP contribution is -2.35. The Hall–Kier alpha value is -1.49. The van der Waals surface area contributed by atoms with E-state index in [-0.39, 0.29) is 11.2 Å². The van der Waals surface area contributed by atoms with Gasteiger partial charge < -0.3 is 10.1 Å². The Morgan fingerprint density at radius 1 is 1.24 bits per heavy atom. The highest BCUT2D eigenvalue weighted by Gasteiger charge is 2.31. The van der Waals surface area contributed by atoms with Crippen molar-refractivity contribution in [2.45, 2.75) is 39.6 Å². The van der Waals surface area contributed by atoms with E-state index in [0.717, 1.165) is 12.1 Å². The maximum Gasteiger partial charge on any atom is 0.573 e. The standard InChI is InChI=1S/C16H22F3NO/c1-5-15(4,11-20-12(2)3)10-13-6-8-14(9-7-13)21-16(17,18)19/h5-9,12,20H,1,10-11H2,2-4H3. The second kappa shape index (κ2) is 6.98. The third kappa shape index (κ3) is 6.67. The van der Waals surface area contributed by atoms with Gasteiger partial charge in [0.25, 0.3) is 0 Å². The largest absolute Gasteiger partial charge is 0.573 e. The summed E-state index contributed by atoms with van der Waals surface area (Å²) in [5.41, 5.74) is 0.786. The van der Waals surface area contributed by atoms with Crippen molar-refractivity contribution in [1.29, 1.82) is 0 Å². The van der Waals surface area contributed by atoms with Crippen molar-refractivity contribution in [3.8, 4) is 5.75 Å². The molecule has 0 aliphatic carbocycles. The average Bonchev–Trinajstić information content (AvgIpc) is 2.37. The Bertz CT molecular complexity index is 454. The third-order valence-electron chi connectivity index (χ3n) is 3.17. The fourth-order valence-corrected chi connectivity index (χ4v) is 1.92. The molecule has 0 bridgehead atoms. The van der Waals surface area contributed by atoms with Gasteiger partial charge in [0.15, 0.2) is 0 Å². The molecule has 0 aliphatic heterocycles. The molecule has 1 rings (SSSR count). The van der Waals surface area contributed by atoms with E-state index in [0.29, 0.717) is 12.5 Å². The Morgan fingerprint density at radius 2 is 1.81 bits per heavy atom. The second-order valence-corrected chi connectivity index (χ2v) is 5.76. The van der Waals surface area contributed by atoms with Crippen LogP contribution in [-0.2, 0) is 6.42 Å². The first-order valence-electron chi connectivity index (χ1n) is 6.85. The molecule has 0 saturated carbocycles. The van der Waals surface area contributed by atoms with Crippen molar-refractivity contribution < 1.29 is 17.9 Å². The molecule has 0 amide bonds. The van der Waals surface area contributed by atoms with E-state index >= 15 is 0 Å². The van der Waals surface area contributed by atoms with Crippen LogP contribution in [0.15, 0.2) is 36.9 Å². The molecule has 0 aliphatic rings. The van der Waals surface area contributed by atoms with E-state index in [1.54, 1.807) is 12.1 Å². The second-order valence-electron chi connectivity index (χ2n) is 5.76. The van der Waals surface area contributed by atoms with Crippen LogP contribution < -0.4 is 10.1 Å². The summed E-state index contributed by atoms with van der Waals surface area (Å²) in [7, 11) is 0. The zero-order valence-corrected chi connectivity index (χ0v) is 12.6. The van der Waals surface area contributed by atoms with Gasteiger partial charge in [-0.2, -0.15) is 0 Å². The number of hydrogen-bond donors (Lipinski definition) is 1. The highest BCUT2D eigenvalue weighted by molar-refractivity contribution is 5.28. The van der Waals surface area contributed by atoms with Crippen LogP contribution in [0, 0.1) is 5.41 Å². The molecule has 1 atom stereocenters. The first-order valence-corrected chi connectivity index (χ1v) is 6.85. The monoisotopic (exact) mass is 301 g/mol. The number of benzene rings is 1. The zero-order chi connectivity index (χ0) is 16.1. The molecule has 0 fully saturated rings.